The van der Waals surface area contributed by atoms with Crippen LogP contribution in [0.2, 0.25) is 14.9 Å². The monoisotopic (exact) mass is 513 g/mol. The van der Waals surface area contributed by atoms with Crippen LogP contribution in [-0.4, -0.2) is 90.3 Å². The second-order valence-corrected chi connectivity index (χ2v) is 13.6. The van der Waals surface area contributed by atoms with Gasteiger partial charge in [-0.3, -0.25) is 4.99 Å². The Morgan fingerprint density at radius 3 is 1.52 bits per heavy atom. The van der Waals surface area contributed by atoms with Gasteiger partial charge in [-0.25, -0.2) is 0 Å². The van der Waals surface area contributed by atoms with Gasteiger partial charge in [0, 0.05) is 55.6 Å². The van der Waals surface area contributed by atoms with Gasteiger partial charge in [-0.05, 0) is 0 Å². The molecule has 0 aliphatic carbocycles. The minimum Gasteiger partial charge on any atom is -0.377 e. The maximum absolute atomic E-state index is 5.17. The molecule has 8 heteroatoms. The number of hydrogen-bond acceptors (Lipinski definition) is 4. The minimum atomic E-state index is -2.22. The summed E-state index contributed by atoms with van der Waals surface area (Å²) < 4.78 is 18.8. The first kappa shape index (κ1) is 31.8. The molecule has 0 aromatic heterocycles. The van der Waals surface area contributed by atoms with Crippen LogP contribution >= 0.6 is 0 Å². The second-order valence-electron chi connectivity index (χ2n) is 6.19. The van der Waals surface area contributed by atoms with Gasteiger partial charge in [0.25, 0.3) is 0 Å². The smallest absolute Gasteiger partial charge is 0.377 e. The predicted octanol–water partition coefficient (Wildman–Crippen LogP) is 4.16. The largest absolute Gasteiger partial charge is 0.500 e. The molecule has 0 rings (SSSR count). The number of hydrogen-bond donors (Lipinski definition) is 1. The molecule has 0 saturated heterocycles. The normalized spacial score (nSPS) is 11.1. The van der Waals surface area contributed by atoms with E-state index in [0.29, 0.717) is 0 Å². The summed E-state index contributed by atoms with van der Waals surface area (Å²) in [7, 11) is 10.2. The molecular weight excluding hydrogens is 465 g/mol. The Kier molecular flexibility index (Phi) is 28.5. The molecule has 0 spiro atoms. The summed E-state index contributed by atoms with van der Waals surface area (Å²) in [6.07, 6.45) is 6.87. The molecule has 0 fully saturated rings. The van der Waals surface area contributed by atoms with Crippen molar-refractivity contribution in [3.63, 3.8) is 0 Å². The number of nitrogens with one attached hydrogen (secondary N) is 1. The Hall–Kier alpha value is 0.166. The van der Waals surface area contributed by atoms with Crippen LogP contribution < -0.4 is 5.32 Å². The number of aliphatic imine (C=N–C) groups is 1. The summed E-state index contributed by atoms with van der Waals surface area (Å²) in [5, 5.41) is 2.93. The third kappa shape index (κ3) is 20.7. The maximum atomic E-state index is 5.17. The van der Waals surface area contributed by atoms with E-state index < -0.39 is 8.80 Å². The van der Waals surface area contributed by atoms with Gasteiger partial charge in [-0.1, -0.05) is 13.3 Å². The fraction of sp³-hybridized carbons (Fsp3) is 0.947. The molecule has 0 atom stereocenters. The van der Waals surface area contributed by atoms with E-state index in [9.17, 15) is 0 Å². The Morgan fingerprint density at radius 2 is 1.37 bits per heavy atom. The molecule has 0 aromatic rings. The van der Waals surface area contributed by atoms with Crippen molar-refractivity contribution >= 4 is 35.9 Å². The van der Waals surface area contributed by atoms with E-state index >= 15 is 0 Å². The van der Waals surface area contributed by atoms with Gasteiger partial charge in [0.05, 0.1) is 0 Å². The molecule has 0 aliphatic rings. The van der Waals surface area contributed by atoms with E-state index in [-0.39, 0.29) is 21.1 Å². The zero-order valence-corrected chi connectivity index (χ0v) is 23.6. The number of unbranched alkanes of at least 4 members (excludes halogenated alkanes) is 2. The number of nitrogens with zero attached hydrogens (tertiary/aromatic N) is 2. The molecule has 27 heavy (non-hydrogen) atoms. The molecule has 2 radical (unpaired) electrons. The molecule has 0 saturated carbocycles. The van der Waals surface area contributed by atoms with Crippen molar-refractivity contribution in [2.24, 2.45) is 4.99 Å². The molecule has 0 unspecified atom stereocenters. The van der Waals surface area contributed by atoms with E-state index in [1.165, 1.54) is 25.7 Å². The van der Waals surface area contributed by atoms with Gasteiger partial charge in [0.15, 0.2) is 5.96 Å². The average molecular weight is 512 g/mol. The molecular formula is C19H47N3O3SiSn. The summed E-state index contributed by atoms with van der Waals surface area (Å²) in [5.74, 6) is 0.894. The first-order chi connectivity index (χ1) is 12.9. The summed E-state index contributed by atoms with van der Waals surface area (Å²) in [4.78, 5) is 5.85. The number of guanidine groups is 1. The third-order valence-electron chi connectivity index (χ3n) is 3.76. The van der Waals surface area contributed by atoms with Gasteiger partial charge in [0.2, 0.25) is 0 Å². The van der Waals surface area contributed by atoms with Crippen LogP contribution in [0, 0.1) is 0 Å². The first-order valence-electron chi connectivity index (χ1n) is 10.1. The Balaban J connectivity index is -0.000000322. The van der Waals surface area contributed by atoms with Crippen molar-refractivity contribution in [3.05, 3.63) is 0 Å². The average Bonchev–Trinajstić information content (AvgIpc) is 2.68. The van der Waals surface area contributed by atoms with Crippen LogP contribution in [0.5, 0.6) is 0 Å². The third-order valence-corrected chi connectivity index (χ3v) is 10.8. The topological polar surface area (TPSA) is 55.3 Å². The Bertz CT molecular complexity index is 304. The standard InChI is InChI=1S/C6H16O3Si.C5H13N3.2C4H9.Sn/c1-5-6-10(7-2,8-3)9-4;1-6-5(7-2)8(3)4;2*1-3-4-2;/h5-6H2,1-4H3;1-4H3,(H,6,7);2*1,3-4H2,2H3;. The molecule has 0 bridgehead atoms. The predicted molar refractivity (Wildman–Crippen MR) is 123 cm³/mol. The van der Waals surface area contributed by atoms with Crippen LogP contribution in [0.15, 0.2) is 4.99 Å². The van der Waals surface area contributed by atoms with Gasteiger partial charge in [-0.15, -0.1) is 0 Å². The first-order valence-corrected chi connectivity index (χ1v) is 16.0. The Morgan fingerprint density at radius 1 is 0.926 bits per heavy atom. The summed E-state index contributed by atoms with van der Waals surface area (Å²) in [6, 6.07) is 0.885. The van der Waals surface area contributed by atoms with Crippen LogP contribution in [-0.2, 0) is 13.3 Å². The summed E-state index contributed by atoms with van der Waals surface area (Å²) in [5.41, 5.74) is 0. The van der Waals surface area contributed by atoms with Gasteiger partial charge in [-0.2, -0.15) is 0 Å². The summed E-state index contributed by atoms with van der Waals surface area (Å²) in [6.45, 7) is 6.66. The second kappa shape index (κ2) is 24.2. The zero-order chi connectivity index (χ0) is 21.6. The van der Waals surface area contributed by atoms with Gasteiger partial charge >= 0.3 is 78.4 Å². The van der Waals surface area contributed by atoms with Gasteiger partial charge < -0.3 is 23.5 Å². The van der Waals surface area contributed by atoms with Gasteiger partial charge in [0.1, 0.15) is 0 Å². The zero-order valence-electron chi connectivity index (χ0n) is 19.8. The van der Waals surface area contributed by atoms with Crippen molar-refractivity contribution in [2.45, 2.75) is 67.8 Å². The van der Waals surface area contributed by atoms with E-state index in [4.69, 9.17) is 13.3 Å². The van der Waals surface area contributed by atoms with Crippen LogP contribution in [0.4, 0.5) is 0 Å². The Labute approximate surface area is 181 Å². The fourth-order valence-electron chi connectivity index (χ4n) is 2.13. The van der Waals surface area contributed by atoms with Crippen LogP contribution in [0.25, 0.3) is 0 Å². The molecule has 6 nitrogen and oxygen atoms in total. The van der Waals surface area contributed by atoms with E-state index in [1.54, 1.807) is 37.3 Å². The minimum absolute atomic E-state index is 0.149. The van der Waals surface area contributed by atoms with Crippen molar-refractivity contribution < 1.29 is 13.3 Å². The molecule has 0 heterocycles. The van der Waals surface area contributed by atoms with Crippen molar-refractivity contribution in [1.82, 2.24) is 10.2 Å². The molecule has 0 aliphatic heterocycles. The van der Waals surface area contributed by atoms with Crippen molar-refractivity contribution in [2.75, 3.05) is 49.5 Å². The molecule has 1 N–H and O–H groups in total. The molecule has 0 aromatic carbocycles. The molecule has 164 valence electrons. The molecule has 0 amide bonds. The SMILES string of the molecule is CCC[CH2][Sn][CH2]CCC.CCC[Si](OC)(OC)OC.CN=C(NC)N(C)C. The fourth-order valence-corrected chi connectivity index (χ4v) is 8.01. The van der Waals surface area contributed by atoms with Crippen molar-refractivity contribution in [3.8, 4) is 0 Å². The number of rotatable bonds is 11. The van der Waals surface area contributed by atoms with Crippen LogP contribution in [0.3, 0.4) is 0 Å². The van der Waals surface area contributed by atoms with Crippen LogP contribution in [0.1, 0.15) is 52.9 Å². The van der Waals surface area contributed by atoms with E-state index in [0.717, 1.165) is 18.4 Å². The quantitative estimate of drug-likeness (QED) is 0.195. The van der Waals surface area contributed by atoms with E-state index in [2.05, 4.69) is 31.1 Å². The van der Waals surface area contributed by atoms with Crippen molar-refractivity contribution in [1.29, 1.82) is 0 Å². The summed E-state index contributed by atoms with van der Waals surface area (Å²) >= 11 is 0.149. The van der Waals surface area contributed by atoms with E-state index in [1.807, 2.05) is 26.0 Å². The maximum Gasteiger partial charge on any atom is 0.500 e.